The minimum Gasteiger partial charge on any atom is -0.457 e. The minimum atomic E-state index is 0.0140. The molecule has 1 saturated heterocycles. The summed E-state index contributed by atoms with van der Waals surface area (Å²) in [5.74, 6) is 2.51. The van der Waals surface area contributed by atoms with Gasteiger partial charge in [0, 0.05) is 19.1 Å². The van der Waals surface area contributed by atoms with Crippen LogP contribution in [0.1, 0.15) is 23.2 Å². The SMILES string of the molecule is N[C@H]1CN(C(=O)c2ccccc2Oc2ccccc2)C[C@@H]1C1CC1. The Morgan fingerprint density at radius 2 is 1.71 bits per heavy atom. The Labute approximate surface area is 142 Å². The summed E-state index contributed by atoms with van der Waals surface area (Å²) in [4.78, 5) is 14.9. The number of benzene rings is 2. The Kier molecular flexibility index (Phi) is 3.98. The van der Waals surface area contributed by atoms with Crippen molar-refractivity contribution in [3.63, 3.8) is 0 Å². The molecule has 0 radical (unpaired) electrons. The lowest BCUT2D eigenvalue weighted by Crippen LogP contribution is -2.32. The first-order valence-corrected chi connectivity index (χ1v) is 8.59. The van der Waals surface area contributed by atoms with Crippen LogP contribution in [0.5, 0.6) is 11.5 Å². The van der Waals surface area contributed by atoms with Crippen molar-refractivity contribution in [2.75, 3.05) is 13.1 Å². The van der Waals surface area contributed by atoms with Crippen LogP contribution >= 0.6 is 0 Å². The average molecular weight is 322 g/mol. The summed E-state index contributed by atoms with van der Waals surface area (Å²) in [5.41, 5.74) is 6.86. The first kappa shape index (κ1) is 15.2. The first-order chi connectivity index (χ1) is 11.7. The number of amides is 1. The standard InChI is InChI=1S/C20H22N2O2/c21-18-13-22(12-17(18)14-10-11-14)20(23)16-8-4-5-9-19(16)24-15-6-2-1-3-7-15/h1-9,14,17-18H,10-13,21H2/t17-,18+/m1/s1. The molecule has 0 bridgehead atoms. The summed E-state index contributed by atoms with van der Waals surface area (Å²) in [7, 11) is 0. The third-order valence-electron chi connectivity index (χ3n) is 5.02. The fourth-order valence-electron chi connectivity index (χ4n) is 3.56. The van der Waals surface area contributed by atoms with E-state index < -0.39 is 0 Å². The minimum absolute atomic E-state index is 0.0140. The van der Waals surface area contributed by atoms with Gasteiger partial charge in [-0.1, -0.05) is 30.3 Å². The van der Waals surface area contributed by atoms with Gasteiger partial charge < -0.3 is 15.4 Å². The van der Waals surface area contributed by atoms with Gasteiger partial charge in [0.25, 0.3) is 5.91 Å². The molecule has 1 amide bonds. The Morgan fingerprint density at radius 3 is 2.46 bits per heavy atom. The third-order valence-corrected chi connectivity index (χ3v) is 5.02. The normalized spacial score (nSPS) is 23.3. The molecule has 0 aromatic heterocycles. The fourth-order valence-corrected chi connectivity index (χ4v) is 3.56. The zero-order valence-electron chi connectivity index (χ0n) is 13.6. The Bertz CT molecular complexity index is 727. The van der Waals surface area contributed by atoms with Crippen molar-refractivity contribution < 1.29 is 9.53 Å². The molecule has 2 N–H and O–H groups in total. The second-order valence-corrected chi connectivity index (χ2v) is 6.79. The molecule has 4 nitrogen and oxygen atoms in total. The lowest BCUT2D eigenvalue weighted by molar-refractivity contribution is 0.0782. The highest BCUT2D eigenvalue weighted by molar-refractivity contribution is 5.97. The molecular weight excluding hydrogens is 300 g/mol. The van der Waals surface area contributed by atoms with E-state index in [2.05, 4.69) is 0 Å². The van der Waals surface area contributed by atoms with Crippen molar-refractivity contribution >= 4 is 5.91 Å². The van der Waals surface area contributed by atoms with Crippen LogP contribution < -0.4 is 10.5 Å². The number of rotatable bonds is 4. The Hall–Kier alpha value is -2.33. The molecule has 1 aliphatic heterocycles. The van der Waals surface area contributed by atoms with E-state index in [4.69, 9.17) is 10.5 Å². The number of carbonyl (C=O) groups is 1. The molecule has 1 saturated carbocycles. The monoisotopic (exact) mass is 322 g/mol. The lowest BCUT2D eigenvalue weighted by atomic mass is 9.99. The predicted molar refractivity (Wildman–Crippen MR) is 93.1 cm³/mol. The molecular formula is C20H22N2O2. The summed E-state index contributed by atoms with van der Waals surface area (Å²) >= 11 is 0. The lowest BCUT2D eigenvalue weighted by Gasteiger charge is -2.18. The maximum atomic E-state index is 13.0. The Morgan fingerprint density at radius 1 is 1.00 bits per heavy atom. The third kappa shape index (κ3) is 3.02. The molecule has 1 aliphatic carbocycles. The number of carbonyl (C=O) groups excluding carboxylic acids is 1. The van der Waals surface area contributed by atoms with Crippen LogP contribution in [0, 0.1) is 11.8 Å². The molecule has 4 rings (SSSR count). The van der Waals surface area contributed by atoms with E-state index in [0.717, 1.165) is 12.3 Å². The maximum Gasteiger partial charge on any atom is 0.257 e. The molecule has 2 aliphatic rings. The van der Waals surface area contributed by atoms with Crippen LogP contribution in [0.4, 0.5) is 0 Å². The van der Waals surface area contributed by atoms with Gasteiger partial charge in [0.1, 0.15) is 11.5 Å². The van der Waals surface area contributed by atoms with E-state index in [1.165, 1.54) is 12.8 Å². The number of ether oxygens (including phenoxy) is 1. The summed E-state index contributed by atoms with van der Waals surface area (Å²) in [6.45, 7) is 1.41. The number of hydrogen-bond donors (Lipinski definition) is 1. The van der Waals surface area contributed by atoms with Gasteiger partial charge in [-0.2, -0.15) is 0 Å². The summed E-state index contributed by atoms with van der Waals surface area (Å²) in [5, 5.41) is 0. The van der Waals surface area contributed by atoms with E-state index in [9.17, 15) is 4.79 Å². The van der Waals surface area contributed by atoms with E-state index in [1.807, 2.05) is 59.5 Å². The molecule has 24 heavy (non-hydrogen) atoms. The highest BCUT2D eigenvalue weighted by atomic mass is 16.5. The number of hydrogen-bond acceptors (Lipinski definition) is 3. The van der Waals surface area contributed by atoms with Gasteiger partial charge in [0.2, 0.25) is 0 Å². The predicted octanol–water partition coefficient (Wildman–Crippen LogP) is 3.29. The van der Waals surface area contributed by atoms with Crippen LogP contribution in [-0.4, -0.2) is 29.9 Å². The van der Waals surface area contributed by atoms with Crippen molar-refractivity contribution in [1.29, 1.82) is 0 Å². The van der Waals surface area contributed by atoms with Crippen LogP contribution in [0.25, 0.3) is 0 Å². The van der Waals surface area contributed by atoms with E-state index in [0.29, 0.717) is 29.7 Å². The van der Waals surface area contributed by atoms with Crippen LogP contribution in [0.2, 0.25) is 0 Å². The highest BCUT2D eigenvalue weighted by Crippen LogP contribution is 2.41. The second kappa shape index (κ2) is 6.29. The Balaban J connectivity index is 1.54. The average Bonchev–Trinajstić information content (AvgIpc) is 3.38. The maximum absolute atomic E-state index is 13.0. The smallest absolute Gasteiger partial charge is 0.257 e. The molecule has 2 aromatic carbocycles. The van der Waals surface area contributed by atoms with Crippen molar-refractivity contribution in [3.8, 4) is 11.5 Å². The summed E-state index contributed by atoms with van der Waals surface area (Å²) in [6.07, 6.45) is 2.52. The van der Waals surface area contributed by atoms with Crippen molar-refractivity contribution in [2.45, 2.75) is 18.9 Å². The number of nitrogens with two attached hydrogens (primary N) is 1. The van der Waals surface area contributed by atoms with E-state index in [-0.39, 0.29) is 11.9 Å². The number of nitrogens with zero attached hydrogens (tertiary/aromatic N) is 1. The molecule has 0 spiro atoms. The molecule has 1 heterocycles. The molecule has 0 unspecified atom stereocenters. The highest BCUT2D eigenvalue weighted by Gasteiger charge is 2.42. The van der Waals surface area contributed by atoms with Gasteiger partial charge in [0.15, 0.2) is 0 Å². The van der Waals surface area contributed by atoms with Crippen LogP contribution in [0.15, 0.2) is 54.6 Å². The van der Waals surface area contributed by atoms with E-state index >= 15 is 0 Å². The van der Waals surface area contributed by atoms with Crippen LogP contribution in [0.3, 0.4) is 0 Å². The molecule has 2 atom stereocenters. The van der Waals surface area contributed by atoms with Gasteiger partial charge in [-0.3, -0.25) is 4.79 Å². The molecule has 4 heteroatoms. The quantitative estimate of drug-likeness (QED) is 0.940. The first-order valence-electron chi connectivity index (χ1n) is 8.59. The summed E-state index contributed by atoms with van der Waals surface area (Å²) < 4.78 is 5.92. The van der Waals surface area contributed by atoms with Crippen molar-refractivity contribution in [3.05, 3.63) is 60.2 Å². The van der Waals surface area contributed by atoms with Crippen LogP contribution in [-0.2, 0) is 0 Å². The van der Waals surface area contributed by atoms with Gasteiger partial charge in [-0.25, -0.2) is 0 Å². The number of likely N-dealkylation sites (tertiary alicyclic amines) is 1. The van der Waals surface area contributed by atoms with Gasteiger partial charge in [0.05, 0.1) is 5.56 Å². The van der Waals surface area contributed by atoms with Crippen molar-refractivity contribution in [2.24, 2.45) is 17.6 Å². The van der Waals surface area contributed by atoms with Gasteiger partial charge >= 0.3 is 0 Å². The van der Waals surface area contributed by atoms with E-state index in [1.54, 1.807) is 0 Å². The van der Waals surface area contributed by atoms with Crippen molar-refractivity contribution in [1.82, 2.24) is 4.90 Å². The molecule has 2 fully saturated rings. The zero-order chi connectivity index (χ0) is 16.5. The molecule has 2 aromatic rings. The zero-order valence-corrected chi connectivity index (χ0v) is 13.6. The van der Waals surface area contributed by atoms with Gasteiger partial charge in [-0.05, 0) is 48.9 Å². The molecule has 124 valence electrons. The topological polar surface area (TPSA) is 55.6 Å². The number of para-hydroxylation sites is 2. The second-order valence-electron chi connectivity index (χ2n) is 6.79. The largest absolute Gasteiger partial charge is 0.457 e. The summed E-state index contributed by atoms with van der Waals surface area (Å²) in [6, 6.07) is 17.1. The fraction of sp³-hybridized carbons (Fsp3) is 0.350. The van der Waals surface area contributed by atoms with Gasteiger partial charge in [-0.15, -0.1) is 0 Å².